The first-order chi connectivity index (χ1) is 12.5. The molecule has 1 spiro atoms. The van der Waals surface area contributed by atoms with Crippen LogP contribution in [0.25, 0.3) is 11.5 Å². The van der Waals surface area contributed by atoms with Crippen LogP contribution in [-0.2, 0) is 4.74 Å². The van der Waals surface area contributed by atoms with Gasteiger partial charge in [-0.15, -0.1) is 5.10 Å². The van der Waals surface area contributed by atoms with E-state index >= 15 is 0 Å². The highest BCUT2D eigenvalue weighted by atomic mass is 32.1. The predicted molar refractivity (Wildman–Crippen MR) is 99.3 cm³/mol. The fourth-order valence-corrected chi connectivity index (χ4v) is 4.52. The molecule has 0 unspecified atom stereocenters. The van der Waals surface area contributed by atoms with Gasteiger partial charge in [-0.3, -0.25) is 4.79 Å². The molecule has 0 aliphatic heterocycles. The molecule has 1 aromatic carbocycles. The molecule has 1 N–H and O–H groups in total. The molecule has 0 radical (unpaired) electrons. The summed E-state index contributed by atoms with van der Waals surface area (Å²) in [6.07, 6.45) is 4.78. The van der Waals surface area contributed by atoms with Crippen LogP contribution in [0.15, 0.2) is 28.7 Å². The molecule has 2 aliphatic carbocycles. The third kappa shape index (κ3) is 2.70. The number of benzene rings is 1. The Balaban J connectivity index is 1.48. The number of H-pyrrole nitrogens is 1. The Hall–Kier alpha value is -1.99. The minimum Gasteiger partial charge on any atom is -0.409 e. The van der Waals surface area contributed by atoms with Gasteiger partial charge >= 0.3 is 0 Å². The van der Waals surface area contributed by atoms with Crippen LogP contribution >= 0.6 is 12.2 Å². The van der Waals surface area contributed by atoms with Gasteiger partial charge in [0.15, 0.2) is 0 Å². The van der Waals surface area contributed by atoms with Crippen molar-refractivity contribution in [1.82, 2.24) is 15.1 Å². The van der Waals surface area contributed by atoms with Crippen LogP contribution in [0.2, 0.25) is 0 Å². The summed E-state index contributed by atoms with van der Waals surface area (Å²) in [6.45, 7) is 2.78. The smallest absolute Gasteiger partial charge is 0.284 e. The SMILES string of the molecule is CCO[C@H]1C[C@H](N(C)C(=O)c2ccc(-c3n[nH]c(=S)o3)cc2)C12CCC2. The number of aromatic amines is 1. The van der Waals surface area contributed by atoms with Gasteiger partial charge in [0.1, 0.15) is 0 Å². The number of aromatic nitrogens is 2. The second-order valence-corrected chi connectivity index (χ2v) is 7.56. The molecule has 1 amide bonds. The average Bonchev–Trinajstić information content (AvgIpc) is 3.02. The van der Waals surface area contributed by atoms with Crippen molar-refractivity contribution in [1.29, 1.82) is 0 Å². The molecule has 2 aliphatic rings. The zero-order chi connectivity index (χ0) is 18.3. The van der Waals surface area contributed by atoms with E-state index in [1.807, 2.05) is 43.1 Å². The highest BCUT2D eigenvalue weighted by molar-refractivity contribution is 7.71. The summed E-state index contributed by atoms with van der Waals surface area (Å²) >= 11 is 4.89. The highest BCUT2D eigenvalue weighted by Crippen LogP contribution is 2.59. The van der Waals surface area contributed by atoms with Gasteiger partial charge in [0.25, 0.3) is 10.7 Å². The second-order valence-electron chi connectivity index (χ2n) is 7.19. The number of hydrogen-bond acceptors (Lipinski definition) is 5. The van der Waals surface area contributed by atoms with Crippen LogP contribution in [0.4, 0.5) is 0 Å². The summed E-state index contributed by atoms with van der Waals surface area (Å²) < 4.78 is 11.2. The number of carbonyl (C=O) groups excluding carboxylic acids is 1. The molecule has 1 heterocycles. The van der Waals surface area contributed by atoms with Gasteiger partial charge in [-0.2, -0.15) is 0 Å². The summed E-state index contributed by atoms with van der Waals surface area (Å²) in [5.74, 6) is 0.472. The molecule has 1 aromatic heterocycles. The normalized spacial score (nSPS) is 23.3. The zero-order valence-electron chi connectivity index (χ0n) is 15.0. The van der Waals surface area contributed by atoms with Crippen molar-refractivity contribution in [2.24, 2.45) is 5.41 Å². The van der Waals surface area contributed by atoms with E-state index in [1.165, 1.54) is 6.42 Å². The molecular weight excluding hydrogens is 350 g/mol. The van der Waals surface area contributed by atoms with E-state index in [-0.39, 0.29) is 22.2 Å². The first kappa shape index (κ1) is 17.4. The van der Waals surface area contributed by atoms with E-state index in [9.17, 15) is 4.79 Å². The number of nitrogens with one attached hydrogen (secondary N) is 1. The molecule has 2 atom stereocenters. The van der Waals surface area contributed by atoms with Crippen molar-refractivity contribution in [2.75, 3.05) is 13.7 Å². The lowest BCUT2D eigenvalue weighted by molar-refractivity contribution is -0.192. The molecule has 2 aromatic rings. The van der Waals surface area contributed by atoms with Gasteiger partial charge in [0.2, 0.25) is 5.89 Å². The van der Waals surface area contributed by atoms with E-state index in [0.717, 1.165) is 31.4 Å². The van der Waals surface area contributed by atoms with Crippen molar-refractivity contribution < 1.29 is 13.9 Å². The van der Waals surface area contributed by atoms with Crippen LogP contribution in [0.1, 0.15) is 43.0 Å². The molecule has 2 fully saturated rings. The Morgan fingerprint density at radius 2 is 2.15 bits per heavy atom. The highest BCUT2D eigenvalue weighted by Gasteiger charge is 2.60. The maximum Gasteiger partial charge on any atom is 0.284 e. The Morgan fingerprint density at radius 3 is 2.69 bits per heavy atom. The quantitative estimate of drug-likeness (QED) is 0.807. The fourth-order valence-electron chi connectivity index (χ4n) is 4.40. The van der Waals surface area contributed by atoms with Gasteiger partial charge in [-0.1, -0.05) is 6.42 Å². The van der Waals surface area contributed by atoms with E-state index in [4.69, 9.17) is 21.4 Å². The summed E-state index contributed by atoms with van der Waals surface area (Å²) in [7, 11) is 1.91. The predicted octanol–water partition coefficient (Wildman–Crippen LogP) is 3.82. The third-order valence-electron chi connectivity index (χ3n) is 6.00. The van der Waals surface area contributed by atoms with Crippen LogP contribution in [0.5, 0.6) is 0 Å². The van der Waals surface area contributed by atoms with Crippen molar-refractivity contribution >= 4 is 18.1 Å². The van der Waals surface area contributed by atoms with Crippen molar-refractivity contribution in [2.45, 2.75) is 44.8 Å². The minimum atomic E-state index is 0.0469. The maximum absolute atomic E-state index is 12.9. The van der Waals surface area contributed by atoms with E-state index in [0.29, 0.717) is 17.6 Å². The lowest BCUT2D eigenvalue weighted by atomic mass is 9.50. The van der Waals surface area contributed by atoms with Crippen LogP contribution in [0, 0.1) is 10.3 Å². The average molecular weight is 373 g/mol. The third-order valence-corrected chi connectivity index (χ3v) is 6.17. The Morgan fingerprint density at radius 1 is 1.42 bits per heavy atom. The number of ether oxygens (including phenoxy) is 1. The van der Waals surface area contributed by atoms with Gasteiger partial charge < -0.3 is 14.1 Å². The van der Waals surface area contributed by atoms with Crippen LogP contribution < -0.4 is 0 Å². The summed E-state index contributed by atoms with van der Waals surface area (Å²) in [5, 5.41) is 6.60. The lowest BCUT2D eigenvalue weighted by Gasteiger charge is -2.63. The Labute approximate surface area is 157 Å². The van der Waals surface area contributed by atoms with Crippen molar-refractivity contribution in [3.8, 4) is 11.5 Å². The fraction of sp³-hybridized carbons (Fsp3) is 0.526. The summed E-state index contributed by atoms with van der Waals surface area (Å²) in [6, 6.07) is 7.56. The minimum absolute atomic E-state index is 0.0469. The second kappa shape index (κ2) is 6.63. The van der Waals surface area contributed by atoms with E-state index in [1.54, 1.807) is 0 Å². The summed E-state index contributed by atoms with van der Waals surface area (Å²) in [4.78, 5) is 15.1. The van der Waals surface area contributed by atoms with E-state index < -0.39 is 0 Å². The van der Waals surface area contributed by atoms with Gasteiger partial charge in [0.05, 0.1) is 6.10 Å². The number of rotatable bonds is 5. The molecule has 2 saturated carbocycles. The van der Waals surface area contributed by atoms with Gasteiger partial charge in [-0.25, -0.2) is 5.10 Å². The van der Waals surface area contributed by atoms with E-state index in [2.05, 4.69) is 10.2 Å². The first-order valence-corrected chi connectivity index (χ1v) is 9.50. The zero-order valence-corrected chi connectivity index (χ0v) is 15.8. The molecule has 0 saturated heterocycles. The molecule has 7 heteroatoms. The Bertz CT molecular complexity index is 853. The van der Waals surface area contributed by atoms with Crippen molar-refractivity contribution in [3.05, 3.63) is 34.7 Å². The van der Waals surface area contributed by atoms with Crippen LogP contribution in [0.3, 0.4) is 0 Å². The number of amides is 1. The molecule has 6 nitrogen and oxygen atoms in total. The number of carbonyl (C=O) groups is 1. The van der Waals surface area contributed by atoms with Crippen molar-refractivity contribution in [3.63, 3.8) is 0 Å². The maximum atomic E-state index is 12.9. The molecule has 4 rings (SSSR count). The largest absolute Gasteiger partial charge is 0.409 e. The summed E-state index contributed by atoms with van der Waals surface area (Å²) in [5.41, 5.74) is 1.63. The molecule has 138 valence electrons. The first-order valence-electron chi connectivity index (χ1n) is 9.10. The number of nitrogens with zero attached hydrogens (tertiary/aromatic N) is 2. The molecule has 26 heavy (non-hydrogen) atoms. The Kier molecular flexibility index (Phi) is 4.44. The standard InChI is InChI=1S/C19H23N3O3S/c1-3-24-15-11-14(19(15)9-4-10-19)22(2)17(23)13-7-5-12(6-8-13)16-20-21-18(26)25-16/h5-8,14-15H,3-4,9-11H2,1-2H3,(H,21,26)/t14-,15-/m0/s1. The lowest BCUT2D eigenvalue weighted by Crippen LogP contribution is -2.67. The molecule has 0 bridgehead atoms. The number of hydrogen-bond donors (Lipinski definition) is 1. The monoisotopic (exact) mass is 373 g/mol. The van der Waals surface area contributed by atoms with Gasteiger partial charge in [-0.05, 0) is 62.7 Å². The topological polar surface area (TPSA) is 71.4 Å². The van der Waals surface area contributed by atoms with Gasteiger partial charge in [0, 0.05) is 36.2 Å². The van der Waals surface area contributed by atoms with Crippen LogP contribution in [-0.4, -0.2) is 46.8 Å². The molecular formula is C19H23N3O3S.